The fourth-order valence-corrected chi connectivity index (χ4v) is 2.58. The molecule has 1 saturated carbocycles. The predicted molar refractivity (Wildman–Crippen MR) is 87.5 cm³/mol. The van der Waals surface area contributed by atoms with Crippen molar-refractivity contribution in [2.45, 2.75) is 18.9 Å². The van der Waals surface area contributed by atoms with Crippen LogP contribution in [0, 0.1) is 5.92 Å². The second-order valence-electron chi connectivity index (χ2n) is 5.54. The van der Waals surface area contributed by atoms with Gasteiger partial charge in [0, 0.05) is 34.9 Å². The van der Waals surface area contributed by atoms with Crippen LogP contribution in [0.25, 0.3) is 10.9 Å². The fourth-order valence-electron chi connectivity index (χ4n) is 2.21. The maximum atomic E-state index is 9.96. The number of fused-ring (bicyclic) bond motifs is 1. The second-order valence-corrected chi connectivity index (χ2v) is 6.45. The molecular weight excluding hydrogens is 332 g/mol. The molecule has 1 atom stereocenters. The summed E-state index contributed by atoms with van der Waals surface area (Å²) in [5.74, 6) is 0.728. The van der Waals surface area contributed by atoms with Crippen molar-refractivity contribution in [1.82, 2.24) is 4.98 Å². The van der Waals surface area contributed by atoms with Crippen molar-refractivity contribution in [2.75, 3.05) is 25.1 Å². The summed E-state index contributed by atoms with van der Waals surface area (Å²) < 4.78 is 6.52. The van der Waals surface area contributed by atoms with E-state index >= 15 is 0 Å². The van der Waals surface area contributed by atoms with Crippen LogP contribution in [-0.4, -0.2) is 36.0 Å². The van der Waals surface area contributed by atoms with Gasteiger partial charge in [0.25, 0.3) is 0 Å². The molecule has 4 nitrogen and oxygen atoms in total. The molecule has 0 saturated heterocycles. The number of hydrogen-bond acceptors (Lipinski definition) is 4. The van der Waals surface area contributed by atoms with E-state index in [1.807, 2.05) is 24.3 Å². The standard InChI is InChI=1S/C16H19BrN2O2/c17-12-3-4-15-14(7-12)16(5-6-18-15)19-8-13(20)10-21-9-11-1-2-11/h3-7,11,13,20H,1-2,8-10H2,(H,18,19). The third kappa shape index (κ3) is 4.15. The fraction of sp³-hybridized carbons (Fsp3) is 0.438. The monoisotopic (exact) mass is 350 g/mol. The highest BCUT2D eigenvalue weighted by molar-refractivity contribution is 9.10. The van der Waals surface area contributed by atoms with Crippen molar-refractivity contribution in [3.63, 3.8) is 0 Å². The smallest absolute Gasteiger partial charge is 0.0945 e. The molecule has 2 N–H and O–H groups in total. The Morgan fingerprint density at radius 1 is 1.38 bits per heavy atom. The van der Waals surface area contributed by atoms with Crippen LogP contribution >= 0.6 is 15.9 Å². The minimum atomic E-state index is -0.501. The van der Waals surface area contributed by atoms with Gasteiger partial charge in [0.15, 0.2) is 0 Å². The zero-order valence-corrected chi connectivity index (χ0v) is 13.3. The van der Waals surface area contributed by atoms with Gasteiger partial charge >= 0.3 is 0 Å². The van der Waals surface area contributed by atoms with E-state index in [4.69, 9.17) is 4.74 Å². The summed E-state index contributed by atoms with van der Waals surface area (Å²) in [6, 6.07) is 7.90. The van der Waals surface area contributed by atoms with Crippen LogP contribution in [0.1, 0.15) is 12.8 Å². The van der Waals surface area contributed by atoms with Crippen molar-refractivity contribution in [3.05, 3.63) is 34.9 Å². The predicted octanol–water partition coefficient (Wildman–Crippen LogP) is 3.20. The molecular formula is C16H19BrN2O2. The number of halogens is 1. The number of aliphatic hydroxyl groups is 1. The van der Waals surface area contributed by atoms with Crippen LogP contribution in [0.15, 0.2) is 34.9 Å². The van der Waals surface area contributed by atoms with E-state index in [1.54, 1.807) is 6.20 Å². The van der Waals surface area contributed by atoms with Gasteiger partial charge in [0.1, 0.15) is 0 Å². The molecule has 1 fully saturated rings. The summed E-state index contributed by atoms with van der Waals surface area (Å²) in [5.41, 5.74) is 1.91. The summed E-state index contributed by atoms with van der Waals surface area (Å²) in [7, 11) is 0. The van der Waals surface area contributed by atoms with Crippen LogP contribution in [-0.2, 0) is 4.74 Å². The first-order chi connectivity index (χ1) is 10.2. The molecule has 1 unspecified atom stereocenters. The molecule has 1 aliphatic rings. The van der Waals surface area contributed by atoms with E-state index in [-0.39, 0.29) is 0 Å². The number of benzene rings is 1. The number of aliphatic hydroxyl groups excluding tert-OH is 1. The molecule has 1 aromatic heterocycles. The van der Waals surface area contributed by atoms with E-state index in [1.165, 1.54) is 12.8 Å². The largest absolute Gasteiger partial charge is 0.389 e. The number of anilines is 1. The molecule has 3 rings (SSSR count). The molecule has 0 spiro atoms. The minimum Gasteiger partial charge on any atom is -0.389 e. The highest BCUT2D eigenvalue weighted by Crippen LogP contribution is 2.28. The van der Waals surface area contributed by atoms with Gasteiger partial charge in [-0.1, -0.05) is 15.9 Å². The van der Waals surface area contributed by atoms with Crippen molar-refractivity contribution < 1.29 is 9.84 Å². The molecule has 5 heteroatoms. The van der Waals surface area contributed by atoms with E-state index < -0.39 is 6.10 Å². The SMILES string of the molecule is OC(CNc1ccnc2ccc(Br)cc12)COCC1CC1. The number of hydrogen-bond donors (Lipinski definition) is 2. The molecule has 0 bridgehead atoms. The van der Waals surface area contributed by atoms with Crippen LogP contribution in [0.2, 0.25) is 0 Å². The summed E-state index contributed by atoms with van der Waals surface area (Å²) in [5, 5.41) is 14.3. The molecule has 1 heterocycles. The Balaban J connectivity index is 1.57. The number of aromatic nitrogens is 1. The summed E-state index contributed by atoms with van der Waals surface area (Å²) in [6.07, 6.45) is 3.81. The molecule has 1 aliphatic carbocycles. The van der Waals surface area contributed by atoms with Crippen molar-refractivity contribution in [3.8, 4) is 0 Å². The topological polar surface area (TPSA) is 54.4 Å². The summed E-state index contributed by atoms with van der Waals surface area (Å²) in [6.45, 7) is 1.63. The molecule has 2 aromatic rings. The van der Waals surface area contributed by atoms with E-state index in [9.17, 15) is 5.11 Å². The van der Waals surface area contributed by atoms with Gasteiger partial charge in [-0.15, -0.1) is 0 Å². The lowest BCUT2D eigenvalue weighted by Gasteiger charge is -2.14. The van der Waals surface area contributed by atoms with Crippen LogP contribution < -0.4 is 5.32 Å². The van der Waals surface area contributed by atoms with E-state index in [2.05, 4.69) is 26.2 Å². The first-order valence-electron chi connectivity index (χ1n) is 7.26. The maximum Gasteiger partial charge on any atom is 0.0945 e. The first kappa shape index (κ1) is 14.8. The quantitative estimate of drug-likeness (QED) is 0.805. The van der Waals surface area contributed by atoms with Gasteiger partial charge in [-0.05, 0) is 43.0 Å². The van der Waals surface area contributed by atoms with Gasteiger partial charge in [-0.25, -0.2) is 0 Å². The molecule has 0 aliphatic heterocycles. The average molecular weight is 351 g/mol. The Morgan fingerprint density at radius 3 is 3.05 bits per heavy atom. The molecule has 112 valence electrons. The number of pyridine rings is 1. The Morgan fingerprint density at radius 2 is 2.24 bits per heavy atom. The number of ether oxygens (including phenoxy) is 1. The van der Waals surface area contributed by atoms with Crippen molar-refractivity contribution in [2.24, 2.45) is 5.92 Å². The third-order valence-electron chi connectivity index (χ3n) is 3.59. The highest BCUT2D eigenvalue weighted by Gasteiger charge is 2.21. The molecule has 21 heavy (non-hydrogen) atoms. The average Bonchev–Trinajstić information content (AvgIpc) is 3.29. The third-order valence-corrected chi connectivity index (χ3v) is 4.09. The van der Waals surface area contributed by atoms with E-state index in [0.29, 0.717) is 13.2 Å². The van der Waals surface area contributed by atoms with Crippen molar-refractivity contribution >= 4 is 32.5 Å². The Labute approximate surface area is 132 Å². The highest BCUT2D eigenvalue weighted by atomic mass is 79.9. The maximum absolute atomic E-state index is 9.96. The van der Waals surface area contributed by atoms with E-state index in [0.717, 1.165) is 33.6 Å². The summed E-state index contributed by atoms with van der Waals surface area (Å²) >= 11 is 3.48. The first-order valence-corrected chi connectivity index (χ1v) is 8.05. The molecule has 1 aromatic carbocycles. The zero-order chi connectivity index (χ0) is 14.7. The number of rotatable bonds is 7. The Kier molecular flexibility index (Phi) is 4.73. The van der Waals surface area contributed by atoms with Gasteiger partial charge in [0.05, 0.1) is 18.2 Å². The number of nitrogens with zero attached hydrogens (tertiary/aromatic N) is 1. The number of nitrogens with one attached hydrogen (secondary N) is 1. The summed E-state index contributed by atoms with van der Waals surface area (Å²) in [4.78, 5) is 4.34. The van der Waals surface area contributed by atoms with Gasteiger partial charge in [0.2, 0.25) is 0 Å². The Hall–Kier alpha value is -1.17. The lowest BCUT2D eigenvalue weighted by atomic mass is 10.2. The van der Waals surface area contributed by atoms with Gasteiger partial charge in [-0.2, -0.15) is 0 Å². The van der Waals surface area contributed by atoms with Gasteiger partial charge in [-0.3, -0.25) is 4.98 Å². The minimum absolute atomic E-state index is 0.385. The van der Waals surface area contributed by atoms with Crippen LogP contribution in [0.4, 0.5) is 5.69 Å². The zero-order valence-electron chi connectivity index (χ0n) is 11.8. The van der Waals surface area contributed by atoms with Crippen molar-refractivity contribution in [1.29, 1.82) is 0 Å². The second kappa shape index (κ2) is 6.73. The van der Waals surface area contributed by atoms with Crippen LogP contribution in [0.3, 0.4) is 0 Å². The molecule has 0 amide bonds. The lowest BCUT2D eigenvalue weighted by Crippen LogP contribution is -2.25. The van der Waals surface area contributed by atoms with Crippen LogP contribution in [0.5, 0.6) is 0 Å². The van der Waals surface area contributed by atoms with Gasteiger partial charge < -0.3 is 15.2 Å². The normalized spacial score (nSPS) is 16.1. The lowest BCUT2D eigenvalue weighted by molar-refractivity contribution is 0.0386. The molecule has 0 radical (unpaired) electrons. The Bertz CT molecular complexity index is 616.